The van der Waals surface area contributed by atoms with E-state index in [2.05, 4.69) is 4.90 Å². The zero-order valence-corrected chi connectivity index (χ0v) is 20.5. The standard InChI is InChI=1S/C26H28FN3O4S/c1-28(19-20-6-4-3-5-7-20)35(32,33)25-18-21(8-13-24(25)34-2)26(31)30-16-14-29(15-17-30)23-11-9-22(27)10-12-23/h3-13,18H,14-17,19H2,1-2H3. The van der Waals surface area contributed by atoms with E-state index in [0.29, 0.717) is 26.2 Å². The fraction of sp³-hybridized carbons (Fsp3) is 0.269. The van der Waals surface area contributed by atoms with Crippen LogP contribution in [-0.2, 0) is 16.6 Å². The molecule has 3 aromatic rings. The van der Waals surface area contributed by atoms with E-state index in [-0.39, 0.29) is 34.5 Å². The quantitative estimate of drug-likeness (QED) is 0.499. The Labute approximate surface area is 205 Å². The maximum absolute atomic E-state index is 13.4. The van der Waals surface area contributed by atoms with Crippen LogP contribution >= 0.6 is 0 Å². The average molecular weight is 498 g/mol. The number of carbonyl (C=O) groups excluding carboxylic acids is 1. The van der Waals surface area contributed by atoms with Crippen LogP contribution in [0, 0.1) is 5.82 Å². The number of halogens is 1. The molecule has 0 unspecified atom stereocenters. The number of methoxy groups -OCH3 is 1. The summed E-state index contributed by atoms with van der Waals surface area (Å²) in [4.78, 5) is 17.0. The lowest BCUT2D eigenvalue weighted by Gasteiger charge is -2.36. The molecule has 0 N–H and O–H groups in total. The Morgan fingerprint density at radius 2 is 1.63 bits per heavy atom. The highest BCUT2D eigenvalue weighted by Gasteiger charge is 2.28. The third-order valence-electron chi connectivity index (χ3n) is 6.11. The van der Waals surface area contributed by atoms with E-state index in [0.717, 1.165) is 11.3 Å². The van der Waals surface area contributed by atoms with Crippen LogP contribution in [0.15, 0.2) is 77.7 Å². The summed E-state index contributed by atoms with van der Waals surface area (Å²) in [5, 5.41) is 0. The zero-order chi connectivity index (χ0) is 25.0. The summed E-state index contributed by atoms with van der Waals surface area (Å²) in [7, 11) is -1.01. The molecule has 0 saturated carbocycles. The van der Waals surface area contributed by atoms with Gasteiger partial charge in [-0.05, 0) is 48.0 Å². The second-order valence-electron chi connectivity index (χ2n) is 8.37. The number of benzene rings is 3. The molecule has 1 aliphatic heterocycles. The van der Waals surface area contributed by atoms with Gasteiger partial charge < -0.3 is 14.5 Å². The Morgan fingerprint density at radius 3 is 2.26 bits per heavy atom. The Morgan fingerprint density at radius 1 is 0.971 bits per heavy atom. The van der Waals surface area contributed by atoms with Crippen molar-refractivity contribution in [1.29, 1.82) is 0 Å². The first-order chi connectivity index (χ1) is 16.8. The molecule has 0 aliphatic carbocycles. The summed E-state index contributed by atoms with van der Waals surface area (Å²) in [5.74, 6) is -0.349. The van der Waals surface area contributed by atoms with Gasteiger partial charge in [0, 0.05) is 51.0 Å². The summed E-state index contributed by atoms with van der Waals surface area (Å²) in [6.07, 6.45) is 0. The number of carbonyl (C=O) groups is 1. The first-order valence-electron chi connectivity index (χ1n) is 11.3. The van der Waals surface area contributed by atoms with Gasteiger partial charge in [0.2, 0.25) is 10.0 Å². The van der Waals surface area contributed by atoms with Crippen molar-refractivity contribution in [3.8, 4) is 5.75 Å². The van der Waals surface area contributed by atoms with E-state index in [4.69, 9.17) is 4.74 Å². The van der Waals surface area contributed by atoms with Crippen molar-refractivity contribution in [3.63, 3.8) is 0 Å². The maximum Gasteiger partial charge on any atom is 0.254 e. The number of amides is 1. The van der Waals surface area contributed by atoms with Crippen LogP contribution in [0.5, 0.6) is 5.75 Å². The molecule has 0 aromatic heterocycles. The molecule has 35 heavy (non-hydrogen) atoms. The zero-order valence-electron chi connectivity index (χ0n) is 19.7. The fourth-order valence-corrected chi connectivity index (χ4v) is 5.44. The van der Waals surface area contributed by atoms with Crippen molar-refractivity contribution >= 4 is 21.6 Å². The number of ether oxygens (including phenoxy) is 1. The first kappa shape index (κ1) is 24.7. The van der Waals surface area contributed by atoms with Crippen LogP contribution in [0.3, 0.4) is 0 Å². The van der Waals surface area contributed by atoms with Crippen LogP contribution in [-0.4, -0.2) is 63.9 Å². The molecule has 0 radical (unpaired) electrons. The predicted octanol–water partition coefficient (Wildman–Crippen LogP) is 3.62. The predicted molar refractivity (Wildman–Crippen MR) is 133 cm³/mol. The van der Waals surface area contributed by atoms with Gasteiger partial charge in [-0.2, -0.15) is 4.31 Å². The summed E-state index contributed by atoms with van der Waals surface area (Å²) in [6.45, 7) is 2.32. The van der Waals surface area contributed by atoms with Crippen LogP contribution < -0.4 is 9.64 Å². The van der Waals surface area contributed by atoms with Gasteiger partial charge in [-0.3, -0.25) is 4.79 Å². The van der Waals surface area contributed by atoms with Gasteiger partial charge in [-0.25, -0.2) is 12.8 Å². The van der Waals surface area contributed by atoms with Crippen LogP contribution in [0.25, 0.3) is 0 Å². The molecule has 0 atom stereocenters. The summed E-state index contributed by atoms with van der Waals surface area (Å²) in [5.41, 5.74) is 2.04. The summed E-state index contributed by atoms with van der Waals surface area (Å²) >= 11 is 0. The van der Waals surface area contributed by atoms with Crippen molar-refractivity contribution < 1.29 is 22.3 Å². The van der Waals surface area contributed by atoms with Crippen molar-refractivity contribution in [3.05, 3.63) is 89.7 Å². The minimum absolute atomic E-state index is 0.0470. The van der Waals surface area contributed by atoms with Crippen molar-refractivity contribution in [1.82, 2.24) is 9.21 Å². The topological polar surface area (TPSA) is 70.2 Å². The number of anilines is 1. The maximum atomic E-state index is 13.4. The SMILES string of the molecule is COc1ccc(C(=O)N2CCN(c3ccc(F)cc3)CC2)cc1S(=O)(=O)N(C)Cc1ccccc1. The van der Waals surface area contributed by atoms with Gasteiger partial charge in [0.1, 0.15) is 16.5 Å². The number of rotatable bonds is 7. The van der Waals surface area contributed by atoms with E-state index in [1.165, 1.54) is 42.7 Å². The lowest BCUT2D eigenvalue weighted by atomic mass is 10.1. The monoisotopic (exact) mass is 497 g/mol. The minimum Gasteiger partial charge on any atom is -0.495 e. The molecule has 7 nitrogen and oxygen atoms in total. The number of nitrogens with zero attached hydrogens (tertiary/aromatic N) is 3. The second kappa shape index (κ2) is 10.5. The number of hydrogen-bond acceptors (Lipinski definition) is 5. The Hall–Kier alpha value is -3.43. The third kappa shape index (κ3) is 5.47. The lowest BCUT2D eigenvalue weighted by Crippen LogP contribution is -2.48. The van der Waals surface area contributed by atoms with E-state index < -0.39 is 10.0 Å². The van der Waals surface area contributed by atoms with Crippen molar-refractivity contribution in [2.24, 2.45) is 0 Å². The summed E-state index contributed by atoms with van der Waals surface area (Å²) < 4.78 is 46.5. The molecule has 4 rings (SSSR count). The molecule has 1 aliphatic rings. The van der Waals surface area contributed by atoms with Gasteiger partial charge in [-0.1, -0.05) is 30.3 Å². The second-order valence-corrected chi connectivity index (χ2v) is 10.4. The van der Waals surface area contributed by atoms with Crippen molar-refractivity contribution in [2.45, 2.75) is 11.4 Å². The molecule has 184 valence electrons. The van der Waals surface area contributed by atoms with Gasteiger partial charge in [-0.15, -0.1) is 0 Å². The van der Waals surface area contributed by atoms with E-state index >= 15 is 0 Å². The highest BCUT2D eigenvalue weighted by Crippen LogP contribution is 2.29. The van der Waals surface area contributed by atoms with Crippen molar-refractivity contribution in [2.75, 3.05) is 45.2 Å². The van der Waals surface area contributed by atoms with Gasteiger partial charge in [0.05, 0.1) is 7.11 Å². The first-order valence-corrected chi connectivity index (χ1v) is 12.7. The van der Waals surface area contributed by atoms with Gasteiger partial charge in [0.15, 0.2) is 0 Å². The number of hydrogen-bond donors (Lipinski definition) is 0. The smallest absolute Gasteiger partial charge is 0.254 e. The molecule has 0 bridgehead atoms. The number of sulfonamides is 1. The Balaban J connectivity index is 1.51. The molecular formula is C26H28FN3O4S. The third-order valence-corrected chi connectivity index (χ3v) is 7.93. The highest BCUT2D eigenvalue weighted by atomic mass is 32.2. The van der Waals surface area contributed by atoms with Gasteiger partial charge in [0.25, 0.3) is 5.91 Å². The molecule has 1 fully saturated rings. The average Bonchev–Trinajstić information content (AvgIpc) is 2.89. The van der Waals surface area contributed by atoms with Crippen LogP contribution in [0.1, 0.15) is 15.9 Å². The molecular weight excluding hydrogens is 469 g/mol. The fourth-order valence-electron chi connectivity index (χ4n) is 4.11. The lowest BCUT2D eigenvalue weighted by molar-refractivity contribution is 0.0746. The van der Waals surface area contributed by atoms with Gasteiger partial charge >= 0.3 is 0 Å². The summed E-state index contributed by atoms with van der Waals surface area (Å²) in [6, 6.07) is 20.1. The molecule has 1 saturated heterocycles. The molecule has 1 heterocycles. The van der Waals surface area contributed by atoms with Crippen LogP contribution in [0.4, 0.5) is 10.1 Å². The largest absolute Gasteiger partial charge is 0.495 e. The molecule has 1 amide bonds. The normalized spacial score (nSPS) is 14.3. The Kier molecular flexibility index (Phi) is 7.37. The number of piperazine rings is 1. The van der Waals surface area contributed by atoms with Crippen LogP contribution in [0.2, 0.25) is 0 Å². The highest BCUT2D eigenvalue weighted by molar-refractivity contribution is 7.89. The molecule has 3 aromatic carbocycles. The Bertz CT molecular complexity index is 1280. The molecule has 9 heteroatoms. The molecule has 0 spiro atoms. The van der Waals surface area contributed by atoms with E-state index in [9.17, 15) is 17.6 Å². The van der Waals surface area contributed by atoms with E-state index in [1.54, 1.807) is 23.1 Å². The minimum atomic E-state index is -3.92. The van der Waals surface area contributed by atoms with E-state index in [1.807, 2.05) is 30.3 Å².